The molecular weight excluding hydrogens is 450 g/mol. The van der Waals surface area contributed by atoms with Gasteiger partial charge < -0.3 is 19.8 Å². The molecule has 0 aromatic rings. The first kappa shape index (κ1) is 25.3. The Hall–Kier alpha value is -1.80. The van der Waals surface area contributed by atoms with Gasteiger partial charge in [0.15, 0.2) is 0 Å². The van der Waals surface area contributed by atoms with Crippen molar-refractivity contribution in [2.45, 2.75) is 74.5 Å². The number of likely N-dealkylation sites (N-methyl/N-ethyl adjacent to an activating group) is 1. The lowest BCUT2D eigenvalue weighted by atomic mass is 9.78. The molecule has 2 saturated heterocycles. The number of nitrogens with zero attached hydrogens (tertiary/aromatic N) is 3. The van der Waals surface area contributed by atoms with Crippen LogP contribution in [0.25, 0.3) is 0 Å². The van der Waals surface area contributed by atoms with Crippen molar-refractivity contribution in [3.63, 3.8) is 0 Å². The monoisotopic (exact) mass is 489 g/mol. The van der Waals surface area contributed by atoms with Gasteiger partial charge in [0, 0.05) is 44.6 Å². The molecule has 3 amide bonds. The van der Waals surface area contributed by atoms with Crippen molar-refractivity contribution in [1.29, 1.82) is 0 Å². The molecule has 2 fully saturated rings. The van der Waals surface area contributed by atoms with Crippen LogP contribution in [0.5, 0.6) is 0 Å². The fourth-order valence-corrected chi connectivity index (χ4v) is 8.25. The van der Waals surface area contributed by atoms with Gasteiger partial charge >= 0.3 is 0 Å². The summed E-state index contributed by atoms with van der Waals surface area (Å²) in [6.45, 7) is 6.00. The highest BCUT2D eigenvalue weighted by atomic mass is 32.2. The van der Waals surface area contributed by atoms with Crippen LogP contribution in [0.1, 0.15) is 52.4 Å². The van der Waals surface area contributed by atoms with Gasteiger partial charge in [-0.25, -0.2) is 0 Å². The van der Waals surface area contributed by atoms with Gasteiger partial charge in [0.2, 0.25) is 17.7 Å². The molecule has 4 rings (SSSR count). The van der Waals surface area contributed by atoms with Gasteiger partial charge in [0.25, 0.3) is 0 Å². The molecule has 4 heterocycles. The SMILES string of the molecule is CCCC(C)N1CC=C[C@]23S[C@H]4C=CCN(C)C(=O)[C@H]4[C@H]2C(=O)N(CCCCCCO)C3C1=O. The zero-order valence-electron chi connectivity index (χ0n) is 20.7. The van der Waals surface area contributed by atoms with Crippen molar-refractivity contribution >= 4 is 29.5 Å². The van der Waals surface area contributed by atoms with Crippen LogP contribution in [-0.4, -0.2) is 92.9 Å². The number of fused-ring (bicyclic) bond motifs is 2. The summed E-state index contributed by atoms with van der Waals surface area (Å²) in [4.78, 5) is 47.0. The van der Waals surface area contributed by atoms with Gasteiger partial charge in [-0.1, -0.05) is 50.5 Å². The zero-order chi connectivity index (χ0) is 24.5. The summed E-state index contributed by atoms with van der Waals surface area (Å²) in [5.74, 6) is -0.995. The highest BCUT2D eigenvalue weighted by Crippen LogP contribution is 2.61. The van der Waals surface area contributed by atoms with E-state index in [4.69, 9.17) is 5.11 Å². The van der Waals surface area contributed by atoms with Crippen LogP contribution in [0.2, 0.25) is 0 Å². The number of likely N-dealkylation sites (tertiary alicyclic amines) is 1. The van der Waals surface area contributed by atoms with E-state index in [1.54, 1.807) is 28.6 Å². The van der Waals surface area contributed by atoms with Crippen molar-refractivity contribution in [3.05, 3.63) is 24.3 Å². The first-order valence-corrected chi connectivity index (χ1v) is 13.7. The smallest absolute Gasteiger partial charge is 0.247 e. The molecule has 0 radical (unpaired) electrons. The van der Waals surface area contributed by atoms with Gasteiger partial charge in [-0.15, -0.1) is 11.8 Å². The number of carbonyl (C=O) groups is 3. The van der Waals surface area contributed by atoms with E-state index in [0.717, 1.165) is 38.5 Å². The third kappa shape index (κ3) is 4.21. The summed E-state index contributed by atoms with van der Waals surface area (Å²) in [6, 6.07) is -0.480. The van der Waals surface area contributed by atoms with Crippen LogP contribution in [0.3, 0.4) is 0 Å². The first-order chi connectivity index (χ1) is 16.4. The Morgan fingerprint density at radius 1 is 1.09 bits per heavy atom. The molecule has 0 aromatic heterocycles. The van der Waals surface area contributed by atoms with E-state index < -0.39 is 22.6 Å². The lowest BCUT2D eigenvalue weighted by Crippen LogP contribution is -2.55. The second kappa shape index (κ2) is 10.4. The van der Waals surface area contributed by atoms with Crippen molar-refractivity contribution in [1.82, 2.24) is 14.7 Å². The lowest BCUT2D eigenvalue weighted by molar-refractivity contribution is -0.144. The largest absolute Gasteiger partial charge is 0.396 e. The average molecular weight is 490 g/mol. The number of thioether (sulfide) groups is 1. The van der Waals surface area contributed by atoms with E-state index in [9.17, 15) is 14.4 Å². The standard InChI is InChI=1S/C26H39N3O4S/c1-4-11-18(2)28-16-10-13-26-21(20-19(34-26)12-9-14-27(3)23(20)31)24(32)29(22(26)25(28)33)15-7-5-6-8-17-30/h9-10,12-13,18-22,30H,4-8,11,14-17H2,1-3H3/t18?,19-,20+,21-,22?,26-/m0/s1. The number of rotatable bonds is 9. The Morgan fingerprint density at radius 3 is 2.59 bits per heavy atom. The summed E-state index contributed by atoms with van der Waals surface area (Å²) >= 11 is 1.65. The fourth-order valence-electron chi connectivity index (χ4n) is 6.24. The van der Waals surface area contributed by atoms with Crippen LogP contribution in [0.15, 0.2) is 24.3 Å². The molecule has 0 aliphatic carbocycles. The van der Waals surface area contributed by atoms with Crippen molar-refractivity contribution < 1.29 is 19.5 Å². The number of aliphatic hydroxyl groups excluding tert-OH is 1. The topological polar surface area (TPSA) is 81.2 Å². The maximum atomic E-state index is 14.1. The van der Waals surface area contributed by atoms with Crippen molar-refractivity contribution in [2.24, 2.45) is 11.8 Å². The number of unbranched alkanes of at least 4 members (excludes halogenated alkanes) is 3. The Kier molecular flexibility index (Phi) is 7.77. The van der Waals surface area contributed by atoms with Crippen molar-refractivity contribution in [2.75, 3.05) is 33.3 Å². The Labute approximate surface area is 207 Å². The summed E-state index contributed by atoms with van der Waals surface area (Å²) in [5, 5.41) is 8.99. The molecule has 0 bridgehead atoms. The second-order valence-corrected chi connectivity index (χ2v) is 11.7. The summed E-state index contributed by atoms with van der Waals surface area (Å²) in [6.07, 6.45) is 13.5. The van der Waals surface area contributed by atoms with Crippen LogP contribution in [0.4, 0.5) is 0 Å². The van der Waals surface area contributed by atoms with E-state index in [1.165, 1.54) is 0 Å². The highest BCUT2D eigenvalue weighted by molar-refractivity contribution is 8.02. The molecule has 0 saturated carbocycles. The fraction of sp³-hybridized carbons (Fsp3) is 0.731. The second-order valence-electron chi connectivity index (χ2n) is 10.2. The normalized spacial score (nSPS) is 33.6. The molecule has 34 heavy (non-hydrogen) atoms. The lowest BCUT2D eigenvalue weighted by Gasteiger charge is -2.37. The summed E-state index contributed by atoms with van der Waals surface area (Å²) in [5.41, 5.74) is 0. The molecule has 1 spiro atoms. The van der Waals surface area contributed by atoms with Crippen LogP contribution in [0, 0.1) is 11.8 Å². The van der Waals surface area contributed by atoms with E-state index in [2.05, 4.69) is 32.1 Å². The molecular formula is C26H39N3O4S. The van der Waals surface area contributed by atoms with Gasteiger partial charge in [-0.05, 0) is 26.2 Å². The molecule has 4 aliphatic heterocycles. The predicted molar refractivity (Wildman–Crippen MR) is 134 cm³/mol. The Bertz CT molecular complexity index is 861. The van der Waals surface area contributed by atoms with Crippen molar-refractivity contribution in [3.8, 4) is 0 Å². The summed E-state index contributed by atoms with van der Waals surface area (Å²) in [7, 11) is 1.79. The molecule has 7 nitrogen and oxygen atoms in total. The highest BCUT2D eigenvalue weighted by Gasteiger charge is 2.70. The maximum Gasteiger partial charge on any atom is 0.247 e. The minimum Gasteiger partial charge on any atom is -0.396 e. The minimum atomic E-state index is -0.715. The molecule has 6 atom stereocenters. The quantitative estimate of drug-likeness (QED) is 0.398. The first-order valence-electron chi connectivity index (χ1n) is 12.9. The molecule has 2 unspecified atom stereocenters. The van der Waals surface area contributed by atoms with E-state index >= 15 is 0 Å². The minimum absolute atomic E-state index is 0.00238. The predicted octanol–water partition coefficient (Wildman–Crippen LogP) is 2.45. The number of aliphatic hydroxyl groups is 1. The average Bonchev–Trinajstić information content (AvgIpc) is 3.12. The molecule has 188 valence electrons. The van der Waals surface area contributed by atoms with E-state index in [-0.39, 0.29) is 35.6 Å². The molecule has 1 N–H and O–H groups in total. The Morgan fingerprint density at radius 2 is 1.85 bits per heavy atom. The molecule has 4 aliphatic rings. The van der Waals surface area contributed by atoms with Crippen LogP contribution in [-0.2, 0) is 14.4 Å². The maximum absolute atomic E-state index is 14.1. The third-order valence-electron chi connectivity index (χ3n) is 7.94. The van der Waals surface area contributed by atoms with E-state index in [0.29, 0.717) is 19.6 Å². The van der Waals surface area contributed by atoms with E-state index in [1.807, 2.05) is 11.0 Å². The van der Waals surface area contributed by atoms with Crippen LogP contribution < -0.4 is 0 Å². The van der Waals surface area contributed by atoms with Gasteiger partial charge in [-0.3, -0.25) is 14.4 Å². The number of amides is 3. The Balaban J connectivity index is 1.71. The zero-order valence-corrected chi connectivity index (χ0v) is 21.5. The van der Waals surface area contributed by atoms with Crippen LogP contribution >= 0.6 is 11.8 Å². The number of carbonyl (C=O) groups excluding carboxylic acids is 3. The van der Waals surface area contributed by atoms with Gasteiger partial charge in [0.1, 0.15) is 6.04 Å². The third-order valence-corrected chi connectivity index (χ3v) is 9.68. The van der Waals surface area contributed by atoms with Gasteiger partial charge in [0.05, 0.1) is 16.6 Å². The molecule has 8 heteroatoms. The number of hydrogen-bond donors (Lipinski definition) is 1. The summed E-state index contributed by atoms with van der Waals surface area (Å²) < 4.78 is -0.715. The number of hydrogen-bond acceptors (Lipinski definition) is 5. The molecule has 0 aromatic carbocycles. The van der Waals surface area contributed by atoms with Gasteiger partial charge in [-0.2, -0.15) is 0 Å².